The summed E-state index contributed by atoms with van der Waals surface area (Å²) < 4.78 is 26.6. The van der Waals surface area contributed by atoms with Crippen LogP contribution in [0.2, 0.25) is 0 Å². The molecule has 0 atom stereocenters. The van der Waals surface area contributed by atoms with Crippen LogP contribution >= 0.6 is 0 Å². The van der Waals surface area contributed by atoms with E-state index in [9.17, 15) is 8.78 Å². The van der Waals surface area contributed by atoms with Crippen LogP contribution < -0.4 is 0 Å². The number of rotatable bonds is 1. The second-order valence-corrected chi connectivity index (χ2v) is 4.00. The zero-order valence-electron chi connectivity index (χ0n) is 11.6. The summed E-state index contributed by atoms with van der Waals surface area (Å²) in [5, 5.41) is 3.87. The van der Waals surface area contributed by atoms with E-state index in [2.05, 4.69) is 5.16 Å². The highest BCUT2D eigenvalue weighted by Gasteiger charge is 2.26. The van der Waals surface area contributed by atoms with Crippen LogP contribution in [0, 0.1) is 11.6 Å². The van der Waals surface area contributed by atoms with Gasteiger partial charge in [-0.05, 0) is 35.4 Å². The summed E-state index contributed by atoms with van der Waals surface area (Å²) >= 11 is 0. The molecule has 0 bridgehead atoms. The van der Waals surface area contributed by atoms with Gasteiger partial charge in [0.05, 0.1) is 0 Å². The van der Waals surface area contributed by atoms with Crippen LogP contribution in [0.4, 0.5) is 8.78 Å². The van der Waals surface area contributed by atoms with Crippen LogP contribution in [0.3, 0.4) is 0 Å². The van der Waals surface area contributed by atoms with Crippen molar-refractivity contribution in [3.63, 3.8) is 0 Å². The minimum absolute atomic E-state index is 0.356. The third kappa shape index (κ3) is 2.29. The molecule has 2 aromatic carbocycles. The highest BCUT2D eigenvalue weighted by atomic mass is 19.1. The Hall–Kier alpha value is -2.23. The Morgan fingerprint density at radius 3 is 1.65 bits per heavy atom. The Balaban J connectivity index is 0.000000704. The van der Waals surface area contributed by atoms with Gasteiger partial charge in [0.2, 0.25) is 0 Å². The van der Waals surface area contributed by atoms with Crippen LogP contribution in [0.1, 0.15) is 25.0 Å². The maximum Gasteiger partial charge on any atom is 0.123 e. The number of oxime groups is 1. The van der Waals surface area contributed by atoms with Crippen molar-refractivity contribution in [2.24, 2.45) is 5.16 Å². The number of fused-ring (bicyclic) bond motifs is 3. The molecule has 0 heterocycles. The van der Waals surface area contributed by atoms with Gasteiger partial charge in [0.25, 0.3) is 0 Å². The van der Waals surface area contributed by atoms with Crippen LogP contribution in [-0.2, 0) is 4.84 Å². The largest absolute Gasteiger partial charge is 0.399 e. The van der Waals surface area contributed by atoms with Crippen molar-refractivity contribution < 1.29 is 13.6 Å². The molecule has 0 unspecified atom stereocenters. The van der Waals surface area contributed by atoms with E-state index in [-0.39, 0.29) is 11.6 Å². The fraction of sp³-hybridized carbons (Fsp3) is 0.188. The lowest BCUT2D eigenvalue weighted by atomic mass is 10.1. The standard InChI is InChI=1S/C14H9F2NO.C2H6/c1-18-17-14-12-6-8(15)2-4-10(12)11-5-3-9(16)7-13(11)14;1-2/h2-7H,1H3;1-2H3. The molecule has 0 radical (unpaired) electrons. The van der Waals surface area contributed by atoms with E-state index < -0.39 is 0 Å². The molecule has 20 heavy (non-hydrogen) atoms. The molecular weight excluding hydrogens is 260 g/mol. The summed E-state index contributed by atoms with van der Waals surface area (Å²) in [6.45, 7) is 4.00. The molecule has 0 N–H and O–H groups in total. The molecule has 0 amide bonds. The van der Waals surface area contributed by atoms with E-state index >= 15 is 0 Å². The van der Waals surface area contributed by atoms with Crippen molar-refractivity contribution >= 4 is 5.71 Å². The van der Waals surface area contributed by atoms with Gasteiger partial charge in [0.15, 0.2) is 0 Å². The average Bonchev–Trinajstić information content (AvgIpc) is 2.75. The quantitative estimate of drug-likeness (QED) is 0.604. The lowest BCUT2D eigenvalue weighted by Crippen LogP contribution is -1.99. The number of benzene rings is 2. The number of nitrogens with zero attached hydrogens (tertiary/aromatic N) is 1. The molecule has 0 saturated heterocycles. The fourth-order valence-corrected chi connectivity index (χ4v) is 2.23. The molecule has 104 valence electrons. The molecule has 1 aliphatic rings. The molecule has 0 spiro atoms. The van der Waals surface area contributed by atoms with E-state index in [0.29, 0.717) is 16.8 Å². The molecule has 2 aromatic rings. The molecule has 0 aromatic heterocycles. The number of hydrogen-bond acceptors (Lipinski definition) is 2. The van der Waals surface area contributed by atoms with E-state index in [1.54, 1.807) is 12.1 Å². The smallest absolute Gasteiger partial charge is 0.123 e. The Labute approximate surface area is 116 Å². The summed E-state index contributed by atoms with van der Waals surface area (Å²) in [7, 11) is 1.41. The summed E-state index contributed by atoms with van der Waals surface area (Å²) in [4.78, 5) is 4.76. The van der Waals surface area contributed by atoms with Gasteiger partial charge in [-0.3, -0.25) is 0 Å². The van der Waals surface area contributed by atoms with Crippen LogP contribution in [-0.4, -0.2) is 12.8 Å². The molecule has 0 fully saturated rings. The predicted molar refractivity (Wildman–Crippen MR) is 75.8 cm³/mol. The second kappa shape index (κ2) is 5.82. The third-order valence-electron chi connectivity index (χ3n) is 2.95. The monoisotopic (exact) mass is 275 g/mol. The highest BCUT2D eigenvalue weighted by Crippen LogP contribution is 2.37. The van der Waals surface area contributed by atoms with Crippen molar-refractivity contribution in [1.29, 1.82) is 0 Å². The van der Waals surface area contributed by atoms with Gasteiger partial charge < -0.3 is 4.84 Å². The SMILES string of the molecule is CC.CON=C1c2cc(F)ccc2-c2ccc(F)cc21. The molecule has 0 saturated carbocycles. The zero-order valence-corrected chi connectivity index (χ0v) is 11.6. The van der Waals surface area contributed by atoms with Crippen molar-refractivity contribution in [1.82, 2.24) is 0 Å². The predicted octanol–water partition coefficient (Wildman–Crippen LogP) is 4.37. The Morgan fingerprint density at radius 1 is 0.800 bits per heavy atom. The van der Waals surface area contributed by atoms with E-state index in [1.807, 2.05) is 13.8 Å². The minimum atomic E-state index is -0.356. The van der Waals surface area contributed by atoms with Gasteiger partial charge in [-0.1, -0.05) is 31.1 Å². The molecule has 3 rings (SSSR count). The minimum Gasteiger partial charge on any atom is -0.399 e. The molecule has 1 aliphatic carbocycles. The van der Waals surface area contributed by atoms with Crippen molar-refractivity contribution in [3.05, 3.63) is 59.2 Å². The second-order valence-electron chi connectivity index (χ2n) is 4.00. The normalized spacial score (nSPS) is 11.2. The first-order valence-corrected chi connectivity index (χ1v) is 6.42. The molecule has 0 aliphatic heterocycles. The van der Waals surface area contributed by atoms with E-state index in [4.69, 9.17) is 4.84 Å². The van der Waals surface area contributed by atoms with Crippen molar-refractivity contribution in [3.8, 4) is 11.1 Å². The lowest BCUT2D eigenvalue weighted by Gasteiger charge is -2.00. The molecule has 2 nitrogen and oxygen atoms in total. The zero-order chi connectivity index (χ0) is 14.7. The summed E-state index contributed by atoms with van der Waals surface area (Å²) in [6, 6.07) is 8.85. The van der Waals surface area contributed by atoms with Crippen molar-refractivity contribution in [2.45, 2.75) is 13.8 Å². The molecular formula is C16H15F2NO. The first-order chi connectivity index (χ1) is 9.70. The van der Waals surface area contributed by atoms with Gasteiger partial charge in [-0.25, -0.2) is 8.78 Å². The van der Waals surface area contributed by atoms with Gasteiger partial charge in [0.1, 0.15) is 24.5 Å². The first-order valence-electron chi connectivity index (χ1n) is 6.42. The van der Waals surface area contributed by atoms with Gasteiger partial charge in [-0.15, -0.1) is 0 Å². The first kappa shape index (κ1) is 14.2. The number of hydrogen-bond donors (Lipinski definition) is 0. The van der Waals surface area contributed by atoms with Crippen molar-refractivity contribution in [2.75, 3.05) is 7.11 Å². The van der Waals surface area contributed by atoms with Gasteiger partial charge in [-0.2, -0.15) is 0 Å². The molecule has 4 heteroatoms. The van der Waals surface area contributed by atoms with Crippen LogP contribution in [0.25, 0.3) is 11.1 Å². The fourth-order valence-electron chi connectivity index (χ4n) is 2.23. The Bertz CT molecular complexity index is 612. The maximum atomic E-state index is 13.3. The Kier molecular flexibility index (Phi) is 4.13. The van der Waals surface area contributed by atoms with Crippen LogP contribution in [0.15, 0.2) is 41.6 Å². The lowest BCUT2D eigenvalue weighted by molar-refractivity contribution is 0.214. The number of halogens is 2. The maximum absolute atomic E-state index is 13.3. The third-order valence-corrected chi connectivity index (χ3v) is 2.95. The van der Waals surface area contributed by atoms with E-state index in [1.165, 1.54) is 31.4 Å². The topological polar surface area (TPSA) is 21.6 Å². The highest BCUT2D eigenvalue weighted by molar-refractivity contribution is 6.24. The summed E-state index contributed by atoms with van der Waals surface area (Å²) in [5.74, 6) is -0.711. The average molecular weight is 275 g/mol. The van der Waals surface area contributed by atoms with Crippen LogP contribution in [0.5, 0.6) is 0 Å². The van der Waals surface area contributed by atoms with E-state index in [0.717, 1.165) is 11.1 Å². The van der Waals surface area contributed by atoms with Gasteiger partial charge >= 0.3 is 0 Å². The Morgan fingerprint density at radius 2 is 1.25 bits per heavy atom. The van der Waals surface area contributed by atoms with Gasteiger partial charge in [0, 0.05) is 11.1 Å². The summed E-state index contributed by atoms with van der Waals surface area (Å²) in [5.41, 5.74) is 3.38. The summed E-state index contributed by atoms with van der Waals surface area (Å²) in [6.07, 6.45) is 0.